The van der Waals surface area contributed by atoms with Crippen molar-refractivity contribution in [1.82, 2.24) is 10.3 Å². The Morgan fingerprint density at radius 1 is 1.44 bits per heavy atom. The van der Waals surface area contributed by atoms with Gasteiger partial charge >= 0.3 is 0 Å². The molecule has 0 radical (unpaired) electrons. The second-order valence-electron chi connectivity index (χ2n) is 5.78. The minimum atomic E-state index is 0.191. The number of rotatable bonds is 2. The largest absolute Gasteiger partial charge is 0.314 e. The summed E-state index contributed by atoms with van der Waals surface area (Å²) in [6.45, 7) is 10.1. The maximum absolute atomic E-state index is 4.71. The summed E-state index contributed by atoms with van der Waals surface area (Å²) in [5.41, 5.74) is 1.43. The van der Waals surface area contributed by atoms with Crippen LogP contribution in [0.25, 0.3) is 0 Å². The second kappa shape index (κ2) is 4.46. The summed E-state index contributed by atoms with van der Waals surface area (Å²) in [6, 6.07) is 0.687. The number of hydrogen-bond acceptors (Lipinski definition) is 3. The minimum Gasteiger partial charge on any atom is -0.314 e. The summed E-state index contributed by atoms with van der Waals surface area (Å²) in [4.78, 5) is 6.19. The molecule has 2 heterocycles. The van der Waals surface area contributed by atoms with E-state index < -0.39 is 0 Å². The van der Waals surface area contributed by atoms with Crippen LogP contribution in [0, 0.1) is 6.92 Å². The summed E-state index contributed by atoms with van der Waals surface area (Å²) < 4.78 is 0. The fourth-order valence-electron chi connectivity index (χ4n) is 2.09. The van der Waals surface area contributed by atoms with Crippen LogP contribution in [-0.4, -0.2) is 17.6 Å². The first-order chi connectivity index (χ1) is 7.47. The molecule has 1 atom stereocenters. The van der Waals surface area contributed by atoms with Crippen molar-refractivity contribution >= 4 is 11.3 Å². The van der Waals surface area contributed by atoms with Gasteiger partial charge in [-0.05, 0) is 32.7 Å². The molecule has 1 fully saturated rings. The highest BCUT2D eigenvalue weighted by Gasteiger charge is 2.22. The molecule has 2 nitrogen and oxygen atoms in total. The standard InChI is InChI=1S/C13H22N2S/c1-9-11(8-10-6-5-7-14-10)16-12(15-9)13(2,3)4/h10,14H,5-8H2,1-4H3. The Labute approximate surface area is 102 Å². The smallest absolute Gasteiger partial charge is 0.0984 e. The van der Waals surface area contributed by atoms with Crippen LogP contribution in [0.3, 0.4) is 0 Å². The first-order valence-corrected chi connectivity index (χ1v) is 6.98. The van der Waals surface area contributed by atoms with Gasteiger partial charge in [0.05, 0.1) is 10.7 Å². The monoisotopic (exact) mass is 238 g/mol. The molecule has 1 unspecified atom stereocenters. The van der Waals surface area contributed by atoms with Crippen LogP contribution in [0.4, 0.5) is 0 Å². The number of nitrogens with one attached hydrogen (secondary N) is 1. The lowest BCUT2D eigenvalue weighted by molar-refractivity contribution is 0.583. The van der Waals surface area contributed by atoms with E-state index in [1.165, 1.54) is 41.4 Å². The van der Waals surface area contributed by atoms with Gasteiger partial charge in [0, 0.05) is 16.3 Å². The number of nitrogens with zero attached hydrogens (tertiary/aromatic N) is 1. The summed E-state index contributed by atoms with van der Waals surface area (Å²) in [7, 11) is 0. The fourth-order valence-corrected chi connectivity index (χ4v) is 3.29. The lowest BCUT2D eigenvalue weighted by atomic mass is 9.98. The predicted octanol–water partition coefficient (Wildman–Crippen LogP) is 3.04. The lowest BCUT2D eigenvalue weighted by Gasteiger charge is -2.13. The quantitative estimate of drug-likeness (QED) is 0.856. The van der Waals surface area contributed by atoms with E-state index >= 15 is 0 Å². The summed E-state index contributed by atoms with van der Waals surface area (Å²) in [6.07, 6.45) is 3.82. The Morgan fingerprint density at radius 2 is 2.19 bits per heavy atom. The van der Waals surface area contributed by atoms with Crippen molar-refractivity contribution in [3.8, 4) is 0 Å². The molecular weight excluding hydrogens is 216 g/mol. The molecule has 1 saturated heterocycles. The van der Waals surface area contributed by atoms with Crippen LogP contribution >= 0.6 is 11.3 Å². The number of thiazole rings is 1. The molecule has 1 aromatic rings. The van der Waals surface area contributed by atoms with Crippen molar-refractivity contribution in [3.63, 3.8) is 0 Å². The Morgan fingerprint density at radius 3 is 2.69 bits per heavy atom. The summed E-state index contributed by atoms with van der Waals surface area (Å²) in [5.74, 6) is 0. The first kappa shape index (κ1) is 12.1. The molecule has 0 spiro atoms. The van der Waals surface area contributed by atoms with Gasteiger partial charge in [-0.25, -0.2) is 4.98 Å². The van der Waals surface area contributed by atoms with Gasteiger partial charge < -0.3 is 5.32 Å². The molecule has 1 aromatic heterocycles. The van der Waals surface area contributed by atoms with Crippen molar-refractivity contribution in [2.75, 3.05) is 6.54 Å². The molecule has 1 N–H and O–H groups in total. The molecule has 1 aliphatic heterocycles. The maximum atomic E-state index is 4.71. The Hall–Kier alpha value is -0.410. The third-order valence-corrected chi connectivity index (χ3v) is 4.73. The summed E-state index contributed by atoms with van der Waals surface area (Å²) >= 11 is 1.90. The van der Waals surface area contributed by atoms with E-state index in [1.54, 1.807) is 0 Å². The van der Waals surface area contributed by atoms with Crippen LogP contribution in [-0.2, 0) is 11.8 Å². The van der Waals surface area contributed by atoms with Gasteiger partial charge in [-0.3, -0.25) is 0 Å². The highest BCUT2D eigenvalue weighted by molar-refractivity contribution is 7.11. The second-order valence-corrected chi connectivity index (χ2v) is 6.86. The van der Waals surface area contributed by atoms with Crippen LogP contribution in [0.1, 0.15) is 49.2 Å². The Bertz CT molecular complexity index is 356. The van der Waals surface area contributed by atoms with E-state index in [0.29, 0.717) is 6.04 Å². The summed E-state index contributed by atoms with van der Waals surface area (Å²) in [5, 5.41) is 4.84. The van der Waals surface area contributed by atoms with Crippen molar-refractivity contribution in [3.05, 3.63) is 15.6 Å². The maximum Gasteiger partial charge on any atom is 0.0984 e. The van der Waals surface area contributed by atoms with Crippen LogP contribution in [0.5, 0.6) is 0 Å². The molecule has 0 amide bonds. The van der Waals surface area contributed by atoms with Crippen molar-refractivity contribution < 1.29 is 0 Å². The van der Waals surface area contributed by atoms with E-state index in [0.717, 1.165) is 0 Å². The van der Waals surface area contributed by atoms with E-state index in [9.17, 15) is 0 Å². The van der Waals surface area contributed by atoms with Gasteiger partial charge in [-0.15, -0.1) is 11.3 Å². The number of aromatic nitrogens is 1. The van der Waals surface area contributed by atoms with Crippen LogP contribution in [0.15, 0.2) is 0 Å². The molecule has 0 aromatic carbocycles. The van der Waals surface area contributed by atoms with E-state index in [4.69, 9.17) is 4.98 Å². The average Bonchev–Trinajstić information content (AvgIpc) is 2.76. The molecule has 16 heavy (non-hydrogen) atoms. The lowest BCUT2D eigenvalue weighted by Crippen LogP contribution is -2.23. The zero-order valence-electron chi connectivity index (χ0n) is 10.8. The van der Waals surface area contributed by atoms with Crippen molar-refractivity contribution in [1.29, 1.82) is 0 Å². The molecule has 3 heteroatoms. The Balaban J connectivity index is 2.12. The van der Waals surface area contributed by atoms with Crippen LogP contribution < -0.4 is 5.32 Å². The average molecular weight is 238 g/mol. The van der Waals surface area contributed by atoms with E-state index in [1.807, 2.05) is 11.3 Å². The van der Waals surface area contributed by atoms with Crippen molar-refractivity contribution in [2.24, 2.45) is 0 Å². The van der Waals surface area contributed by atoms with Gasteiger partial charge in [0.2, 0.25) is 0 Å². The van der Waals surface area contributed by atoms with Gasteiger partial charge in [0.25, 0.3) is 0 Å². The van der Waals surface area contributed by atoms with Gasteiger partial charge in [0.15, 0.2) is 0 Å². The SMILES string of the molecule is Cc1nc(C(C)(C)C)sc1CC1CCCN1. The van der Waals surface area contributed by atoms with E-state index in [2.05, 4.69) is 33.0 Å². The van der Waals surface area contributed by atoms with E-state index in [-0.39, 0.29) is 5.41 Å². The molecule has 0 aliphatic carbocycles. The first-order valence-electron chi connectivity index (χ1n) is 6.17. The highest BCUT2D eigenvalue weighted by Crippen LogP contribution is 2.30. The van der Waals surface area contributed by atoms with Crippen LogP contribution in [0.2, 0.25) is 0 Å². The third kappa shape index (κ3) is 2.64. The molecule has 1 aliphatic rings. The predicted molar refractivity (Wildman–Crippen MR) is 70.3 cm³/mol. The third-order valence-electron chi connectivity index (χ3n) is 3.13. The molecule has 0 bridgehead atoms. The molecule has 0 saturated carbocycles. The minimum absolute atomic E-state index is 0.191. The number of hydrogen-bond donors (Lipinski definition) is 1. The van der Waals surface area contributed by atoms with Crippen molar-refractivity contribution in [2.45, 2.75) is 58.4 Å². The molecule has 2 rings (SSSR count). The normalized spacial score (nSPS) is 21.6. The van der Waals surface area contributed by atoms with Gasteiger partial charge in [-0.2, -0.15) is 0 Å². The number of aryl methyl sites for hydroxylation is 1. The zero-order valence-corrected chi connectivity index (χ0v) is 11.6. The highest BCUT2D eigenvalue weighted by atomic mass is 32.1. The van der Waals surface area contributed by atoms with Gasteiger partial charge in [-0.1, -0.05) is 20.8 Å². The Kier molecular flexibility index (Phi) is 3.36. The zero-order chi connectivity index (χ0) is 11.8. The van der Waals surface area contributed by atoms with Gasteiger partial charge in [0.1, 0.15) is 0 Å². The molecule has 90 valence electrons. The molecular formula is C13H22N2S. The fraction of sp³-hybridized carbons (Fsp3) is 0.769. The topological polar surface area (TPSA) is 24.9 Å².